The molecule has 13 heavy (non-hydrogen) atoms. The lowest BCUT2D eigenvalue weighted by Crippen LogP contribution is -2.38. The van der Waals surface area contributed by atoms with E-state index in [0.29, 0.717) is 12.8 Å². The summed E-state index contributed by atoms with van der Waals surface area (Å²) >= 11 is 0. The molecule has 0 fully saturated rings. The van der Waals surface area contributed by atoms with Gasteiger partial charge in [0.25, 0.3) is 0 Å². The van der Waals surface area contributed by atoms with Gasteiger partial charge in [-0.2, -0.15) is 0 Å². The Labute approximate surface area is 77.8 Å². The zero-order valence-electron chi connectivity index (χ0n) is 7.59. The molecule has 0 amide bonds. The first kappa shape index (κ1) is 8.70. The monoisotopic (exact) mass is 179 g/mol. The molecule has 0 radical (unpaired) electrons. The summed E-state index contributed by atoms with van der Waals surface area (Å²) in [4.78, 5) is 0. The van der Waals surface area contributed by atoms with Crippen LogP contribution in [0.5, 0.6) is 0 Å². The molecule has 1 aliphatic carbocycles. The smallest absolute Gasteiger partial charge is 0.127 e. The first-order valence-corrected chi connectivity index (χ1v) is 4.69. The summed E-state index contributed by atoms with van der Waals surface area (Å²) in [6.45, 7) is 0.140. The number of hydrogen-bond donors (Lipinski definition) is 1. The number of halogens is 1. The number of nitrogens with two attached hydrogens (primary N) is 1. The van der Waals surface area contributed by atoms with Gasteiger partial charge in [0.15, 0.2) is 0 Å². The predicted molar refractivity (Wildman–Crippen MR) is 51.4 cm³/mol. The summed E-state index contributed by atoms with van der Waals surface area (Å²) < 4.78 is 13.9. The van der Waals surface area contributed by atoms with Gasteiger partial charge in [-0.3, -0.25) is 0 Å². The van der Waals surface area contributed by atoms with E-state index >= 15 is 0 Å². The quantitative estimate of drug-likeness (QED) is 0.699. The van der Waals surface area contributed by atoms with Crippen LogP contribution >= 0.6 is 0 Å². The van der Waals surface area contributed by atoms with Gasteiger partial charge < -0.3 is 5.73 Å². The largest absolute Gasteiger partial charge is 0.328 e. The van der Waals surface area contributed by atoms with Crippen LogP contribution in [-0.2, 0) is 12.8 Å². The van der Waals surface area contributed by atoms with Crippen LogP contribution in [0.15, 0.2) is 24.3 Å². The van der Waals surface area contributed by atoms with Gasteiger partial charge in [-0.05, 0) is 24.0 Å². The Balaban J connectivity index is 2.29. The number of rotatable bonds is 1. The molecule has 0 spiro atoms. The second kappa shape index (κ2) is 3.11. The summed E-state index contributed by atoms with van der Waals surface area (Å²) in [6.07, 6.45) is 1.88. The molecular formula is C11H14FN. The van der Waals surface area contributed by atoms with E-state index < -0.39 is 5.67 Å². The number of fused-ring (bicyclic) bond motifs is 1. The van der Waals surface area contributed by atoms with Crippen molar-refractivity contribution >= 4 is 0 Å². The molecule has 0 saturated heterocycles. The van der Waals surface area contributed by atoms with Crippen molar-refractivity contribution in [3.63, 3.8) is 0 Å². The number of benzene rings is 1. The van der Waals surface area contributed by atoms with Crippen molar-refractivity contribution in [3.05, 3.63) is 35.4 Å². The zero-order chi connectivity index (χ0) is 9.31. The Morgan fingerprint density at radius 2 is 2.00 bits per heavy atom. The standard InChI is InChI=1S/C11H14FN/c12-11(8-13)6-5-9-3-1-2-4-10(9)7-11/h1-4H,5-8,13H2. The van der Waals surface area contributed by atoms with Gasteiger partial charge in [0.2, 0.25) is 0 Å². The molecule has 0 saturated carbocycles. The van der Waals surface area contributed by atoms with Crippen LogP contribution < -0.4 is 5.73 Å². The third kappa shape index (κ3) is 1.59. The van der Waals surface area contributed by atoms with Crippen LogP contribution in [0, 0.1) is 0 Å². The average Bonchev–Trinajstić information content (AvgIpc) is 2.18. The highest BCUT2D eigenvalue weighted by Gasteiger charge is 2.32. The first-order chi connectivity index (χ1) is 6.23. The van der Waals surface area contributed by atoms with Crippen molar-refractivity contribution in [2.45, 2.75) is 24.9 Å². The second-order valence-corrected chi connectivity index (χ2v) is 3.80. The minimum atomic E-state index is -1.16. The molecule has 1 aliphatic rings. The lowest BCUT2D eigenvalue weighted by molar-refractivity contribution is 0.151. The van der Waals surface area contributed by atoms with E-state index in [0.717, 1.165) is 12.0 Å². The lowest BCUT2D eigenvalue weighted by atomic mass is 9.82. The molecule has 1 aromatic carbocycles. The Morgan fingerprint density at radius 3 is 2.69 bits per heavy atom. The molecule has 2 rings (SSSR count). The third-order valence-corrected chi connectivity index (χ3v) is 2.83. The topological polar surface area (TPSA) is 26.0 Å². The minimum absolute atomic E-state index is 0.140. The van der Waals surface area contributed by atoms with E-state index in [1.54, 1.807) is 0 Å². The van der Waals surface area contributed by atoms with Gasteiger partial charge in [-0.1, -0.05) is 24.3 Å². The summed E-state index contributed by atoms with van der Waals surface area (Å²) in [5.41, 5.74) is 6.67. The first-order valence-electron chi connectivity index (χ1n) is 4.69. The van der Waals surface area contributed by atoms with Gasteiger partial charge in [0.1, 0.15) is 5.67 Å². The van der Waals surface area contributed by atoms with Gasteiger partial charge in [0, 0.05) is 13.0 Å². The van der Waals surface area contributed by atoms with Gasteiger partial charge in [-0.15, -0.1) is 0 Å². The van der Waals surface area contributed by atoms with E-state index in [-0.39, 0.29) is 6.54 Å². The van der Waals surface area contributed by atoms with Crippen molar-refractivity contribution in [2.75, 3.05) is 6.54 Å². The van der Waals surface area contributed by atoms with Crippen molar-refractivity contribution < 1.29 is 4.39 Å². The summed E-state index contributed by atoms with van der Waals surface area (Å²) in [6, 6.07) is 8.04. The van der Waals surface area contributed by atoms with Crippen LogP contribution in [0.1, 0.15) is 17.5 Å². The van der Waals surface area contributed by atoms with Crippen LogP contribution in [0.25, 0.3) is 0 Å². The fraction of sp³-hybridized carbons (Fsp3) is 0.455. The van der Waals surface area contributed by atoms with E-state index in [1.807, 2.05) is 18.2 Å². The van der Waals surface area contributed by atoms with Crippen molar-refractivity contribution in [2.24, 2.45) is 5.73 Å². The number of alkyl halides is 1. The molecule has 1 unspecified atom stereocenters. The Kier molecular flexibility index (Phi) is 2.08. The summed E-state index contributed by atoms with van der Waals surface area (Å²) in [7, 11) is 0. The average molecular weight is 179 g/mol. The highest BCUT2D eigenvalue weighted by molar-refractivity contribution is 5.31. The third-order valence-electron chi connectivity index (χ3n) is 2.83. The number of hydrogen-bond acceptors (Lipinski definition) is 1. The molecule has 1 nitrogen and oxygen atoms in total. The molecule has 0 bridgehead atoms. The Morgan fingerprint density at radius 1 is 1.31 bits per heavy atom. The normalized spacial score (nSPS) is 26.9. The minimum Gasteiger partial charge on any atom is -0.328 e. The summed E-state index contributed by atoms with van der Waals surface area (Å²) in [5, 5.41) is 0. The Bertz CT molecular complexity index is 311. The Hall–Kier alpha value is -0.890. The molecule has 1 atom stereocenters. The maximum atomic E-state index is 13.9. The van der Waals surface area contributed by atoms with E-state index in [2.05, 4.69) is 6.07 Å². The fourth-order valence-electron chi connectivity index (χ4n) is 1.94. The van der Waals surface area contributed by atoms with Crippen LogP contribution in [0.2, 0.25) is 0 Å². The highest BCUT2D eigenvalue weighted by atomic mass is 19.1. The van der Waals surface area contributed by atoms with Gasteiger partial charge in [-0.25, -0.2) is 4.39 Å². The molecule has 2 N–H and O–H groups in total. The summed E-state index contributed by atoms with van der Waals surface area (Å²) in [5.74, 6) is 0. The van der Waals surface area contributed by atoms with E-state index in [1.165, 1.54) is 5.56 Å². The molecule has 0 heterocycles. The predicted octanol–water partition coefficient (Wildman–Crippen LogP) is 1.84. The van der Waals surface area contributed by atoms with E-state index in [9.17, 15) is 4.39 Å². The van der Waals surface area contributed by atoms with Crippen LogP contribution in [0.3, 0.4) is 0 Å². The van der Waals surface area contributed by atoms with Crippen LogP contribution in [0.4, 0.5) is 4.39 Å². The van der Waals surface area contributed by atoms with Gasteiger partial charge in [0.05, 0.1) is 0 Å². The van der Waals surface area contributed by atoms with Crippen molar-refractivity contribution in [1.29, 1.82) is 0 Å². The van der Waals surface area contributed by atoms with E-state index in [4.69, 9.17) is 5.73 Å². The highest BCUT2D eigenvalue weighted by Crippen LogP contribution is 2.30. The molecule has 0 aromatic heterocycles. The number of aryl methyl sites for hydroxylation is 1. The van der Waals surface area contributed by atoms with Crippen molar-refractivity contribution in [1.82, 2.24) is 0 Å². The van der Waals surface area contributed by atoms with Crippen molar-refractivity contribution in [3.8, 4) is 0 Å². The van der Waals surface area contributed by atoms with Gasteiger partial charge >= 0.3 is 0 Å². The maximum Gasteiger partial charge on any atom is 0.127 e. The zero-order valence-corrected chi connectivity index (χ0v) is 7.59. The lowest BCUT2D eigenvalue weighted by Gasteiger charge is -2.29. The fourth-order valence-corrected chi connectivity index (χ4v) is 1.94. The molecular weight excluding hydrogens is 165 g/mol. The molecule has 2 heteroatoms. The second-order valence-electron chi connectivity index (χ2n) is 3.80. The molecule has 0 aliphatic heterocycles. The maximum absolute atomic E-state index is 13.9. The molecule has 70 valence electrons. The van der Waals surface area contributed by atoms with Crippen LogP contribution in [-0.4, -0.2) is 12.2 Å². The SMILES string of the molecule is NCC1(F)CCc2ccccc2C1. The molecule has 1 aromatic rings.